The van der Waals surface area contributed by atoms with Crippen molar-refractivity contribution in [3.05, 3.63) is 80.1 Å². The monoisotopic (exact) mass is 548 g/mol. The quantitative estimate of drug-likeness (QED) is 0.494. The molecule has 186 valence electrons. The molecule has 0 saturated carbocycles. The molecule has 1 amide bonds. The van der Waals surface area contributed by atoms with E-state index in [0.717, 1.165) is 70.6 Å². The minimum Gasteiger partial charge on any atom is -0.483 e. The minimum absolute atomic E-state index is 0.109. The SMILES string of the molecule is Cc1ccc(NC(=O)COc2ccc(C3C4=C(CCCC4=O)NC4=C3C(=O)CCC4)cc2Br)c(C)c1. The number of carbonyl (C=O) groups is 3. The number of rotatable bonds is 5. The molecular weight excluding hydrogens is 520 g/mol. The summed E-state index contributed by atoms with van der Waals surface area (Å²) in [6.07, 6.45) is 4.31. The van der Waals surface area contributed by atoms with Crippen LogP contribution in [0, 0.1) is 13.8 Å². The molecule has 1 aliphatic heterocycles. The Balaban J connectivity index is 1.37. The van der Waals surface area contributed by atoms with Crippen molar-refractivity contribution in [3.8, 4) is 5.75 Å². The molecule has 0 spiro atoms. The number of ketones is 2. The Bertz CT molecular complexity index is 1300. The Kier molecular flexibility index (Phi) is 6.84. The number of Topliss-reactive ketones (excluding diaryl/α,β-unsaturated/α-hetero) is 2. The lowest BCUT2D eigenvalue weighted by atomic mass is 9.71. The summed E-state index contributed by atoms with van der Waals surface area (Å²) < 4.78 is 6.48. The molecule has 2 aromatic carbocycles. The van der Waals surface area contributed by atoms with Crippen molar-refractivity contribution >= 4 is 39.1 Å². The Morgan fingerprint density at radius 2 is 1.64 bits per heavy atom. The van der Waals surface area contributed by atoms with Gasteiger partial charge in [0.2, 0.25) is 0 Å². The van der Waals surface area contributed by atoms with Gasteiger partial charge in [0.15, 0.2) is 18.2 Å². The number of aryl methyl sites for hydroxylation is 2. The van der Waals surface area contributed by atoms with Gasteiger partial charge >= 0.3 is 0 Å². The Morgan fingerprint density at radius 3 is 2.25 bits per heavy atom. The van der Waals surface area contributed by atoms with E-state index in [1.807, 2.05) is 44.2 Å². The van der Waals surface area contributed by atoms with E-state index < -0.39 is 0 Å². The summed E-state index contributed by atoms with van der Waals surface area (Å²) in [5, 5.41) is 6.33. The highest BCUT2D eigenvalue weighted by atomic mass is 79.9. The molecule has 0 saturated heterocycles. The van der Waals surface area contributed by atoms with Gasteiger partial charge in [0.05, 0.1) is 4.47 Å². The third-order valence-electron chi connectivity index (χ3n) is 7.10. The molecule has 36 heavy (non-hydrogen) atoms. The van der Waals surface area contributed by atoms with Gasteiger partial charge in [0, 0.05) is 47.0 Å². The van der Waals surface area contributed by atoms with Gasteiger partial charge in [-0.05, 0) is 84.8 Å². The normalized spacial score (nSPS) is 18.0. The number of carbonyl (C=O) groups excluding carboxylic acids is 3. The molecule has 7 heteroatoms. The van der Waals surface area contributed by atoms with Crippen molar-refractivity contribution in [2.75, 3.05) is 11.9 Å². The zero-order chi connectivity index (χ0) is 25.4. The van der Waals surface area contributed by atoms with E-state index in [1.54, 1.807) is 6.07 Å². The van der Waals surface area contributed by atoms with E-state index >= 15 is 0 Å². The molecule has 6 nitrogen and oxygen atoms in total. The predicted molar refractivity (Wildman–Crippen MR) is 142 cm³/mol. The lowest BCUT2D eigenvalue weighted by molar-refractivity contribution is -0.118. The van der Waals surface area contributed by atoms with Crippen LogP contribution in [0.1, 0.15) is 61.1 Å². The molecule has 0 aromatic heterocycles. The van der Waals surface area contributed by atoms with Gasteiger partial charge < -0.3 is 15.4 Å². The van der Waals surface area contributed by atoms with Crippen LogP contribution in [0.2, 0.25) is 0 Å². The second-order valence-corrected chi connectivity index (χ2v) is 10.6. The third-order valence-corrected chi connectivity index (χ3v) is 7.72. The summed E-state index contributed by atoms with van der Waals surface area (Å²) in [6.45, 7) is 3.82. The van der Waals surface area contributed by atoms with Crippen LogP contribution < -0.4 is 15.4 Å². The first-order chi connectivity index (χ1) is 17.3. The van der Waals surface area contributed by atoms with E-state index in [4.69, 9.17) is 4.74 Å². The number of hydrogen-bond acceptors (Lipinski definition) is 5. The second-order valence-electron chi connectivity index (χ2n) is 9.74. The lowest BCUT2D eigenvalue weighted by Crippen LogP contribution is -2.36. The van der Waals surface area contributed by atoms with Gasteiger partial charge in [-0.15, -0.1) is 0 Å². The van der Waals surface area contributed by atoms with Crippen molar-refractivity contribution in [2.24, 2.45) is 0 Å². The largest absolute Gasteiger partial charge is 0.483 e. The van der Waals surface area contributed by atoms with Gasteiger partial charge in [-0.3, -0.25) is 14.4 Å². The number of ether oxygens (including phenoxy) is 1. The molecule has 0 unspecified atom stereocenters. The van der Waals surface area contributed by atoms with Gasteiger partial charge in [0.25, 0.3) is 5.91 Å². The number of anilines is 1. The van der Waals surface area contributed by atoms with Gasteiger partial charge in [-0.2, -0.15) is 0 Å². The summed E-state index contributed by atoms with van der Waals surface area (Å²) in [7, 11) is 0. The molecule has 2 aliphatic carbocycles. The maximum absolute atomic E-state index is 13.0. The van der Waals surface area contributed by atoms with Crippen LogP contribution in [-0.2, 0) is 14.4 Å². The topological polar surface area (TPSA) is 84.5 Å². The zero-order valence-corrected chi connectivity index (χ0v) is 22.1. The van der Waals surface area contributed by atoms with E-state index in [-0.39, 0.29) is 30.0 Å². The Hall–Kier alpha value is -3.19. The maximum atomic E-state index is 13.0. The molecule has 0 atom stereocenters. The third kappa shape index (κ3) is 4.76. The number of halogens is 1. The average Bonchev–Trinajstić information content (AvgIpc) is 2.84. The van der Waals surface area contributed by atoms with Crippen molar-refractivity contribution in [1.82, 2.24) is 5.32 Å². The summed E-state index contributed by atoms with van der Waals surface area (Å²) in [4.78, 5) is 38.5. The Morgan fingerprint density at radius 1 is 0.972 bits per heavy atom. The van der Waals surface area contributed by atoms with E-state index in [0.29, 0.717) is 23.1 Å². The zero-order valence-electron chi connectivity index (χ0n) is 20.5. The molecule has 2 N–H and O–H groups in total. The molecule has 5 rings (SSSR count). The van der Waals surface area contributed by atoms with Crippen LogP contribution in [0.3, 0.4) is 0 Å². The molecule has 1 heterocycles. The standard InChI is InChI=1S/C29H29BrN2O4/c1-16-9-11-20(17(2)13-16)32-26(35)15-36-25-12-10-18(14-19(25)30)27-28-21(5-3-7-23(28)33)31-22-6-4-8-24(34)29(22)27/h9-14,27,31H,3-8,15H2,1-2H3,(H,32,35). The first-order valence-corrected chi connectivity index (χ1v) is 13.2. The number of allylic oxidation sites excluding steroid dienone is 4. The molecular formula is C29H29BrN2O4. The summed E-state index contributed by atoms with van der Waals surface area (Å²) in [5.41, 5.74) is 7.14. The molecule has 0 bridgehead atoms. The number of benzene rings is 2. The van der Waals surface area contributed by atoms with E-state index in [9.17, 15) is 14.4 Å². The highest BCUT2D eigenvalue weighted by Crippen LogP contribution is 2.46. The number of nitrogens with one attached hydrogen (secondary N) is 2. The predicted octanol–water partition coefficient (Wildman–Crippen LogP) is 5.78. The number of hydrogen-bond donors (Lipinski definition) is 2. The van der Waals surface area contributed by atoms with Crippen LogP contribution in [0.5, 0.6) is 5.75 Å². The van der Waals surface area contributed by atoms with E-state index in [2.05, 4.69) is 26.6 Å². The average molecular weight is 549 g/mol. The van der Waals surface area contributed by atoms with Crippen molar-refractivity contribution in [3.63, 3.8) is 0 Å². The molecule has 0 radical (unpaired) electrons. The fourth-order valence-corrected chi connectivity index (χ4v) is 5.92. The summed E-state index contributed by atoms with van der Waals surface area (Å²) in [6, 6.07) is 11.5. The first kappa shape index (κ1) is 24.5. The van der Waals surface area contributed by atoms with Crippen LogP contribution in [0.15, 0.2) is 63.4 Å². The van der Waals surface area contributed by atoms with E-state index in [1.165, 1.54) is 0 Å². The van der Waals surface area contributed by atoms with Crippen LogP contribution in [0.4, 0.5) is 5.69 Å². The smallest absolute Gasteiger partial charge is 0.262 e. The van der Waals surface area contributed by atoms with Gasteiger partial charge in [-0.25, -0.2) is 0 Å². The molecule has 3 aliphatic rings. The highest BCUT2D eigenvalue weighted by Gasteiger charge is 2.40. The minimum atomic E-state index is -0.366. The van der Waals surface area contributed by atoms with Crippen LogP contribution in [0.25, 0.3) is 0 Å². The number of dihydropyridines is 1. The lowest BCUT2D eigenvalue weighted by Gasteiger charge is -2.37. The molecule has 0 fully saturated rings. The fraction of sp³-hybridized carbons (Fsp3) is 0.345. The van der Waals surface area contributed by atoms with Crippen LogP contribution >= 0.6 is 15.9 Å². The van der Waals surface area contributed by atoms with Gasteiger partial charge in [-0.1, -0.05) is 23.8 Å². The van der Waals surface area contributed by atoms with Crippen molar-refractivity contribution < 1.29 is 19.1 Å². The van der Waals surface area contributed by atoms with Crippen LogP contribution in [-0.4, -0.2) is 24.1 Å². The van der Waals surface area contributed by atoms with Crippen molar-refractivity contribution in [2.45, 2.75) is 58.3 Å². The second kappa shape index (κ2) is 10.1. The number of amides is 1. The first-order valence-electron chi connectivity index (χ1n) is 12.4. The summed E-state index contributed by atoms with van der Waals surface area (Å²) >= 11 is 3.58. The van der Waals surface area contributed by atoms with Crippen molar-refractivity contribution in [1.29, 1.82) is 0 Å². The maximum Gasteiger partial charge on any atom is 0.262 e. The Labute approximate surface area is 219 Å². The van der Waals surface area contributed by atoms with Gasteiger partial charge in [0.1, 0.15) is 5.75 Å². The highest BCUT2D eigenvalue weighted by molar-refractivity contribution is 9.10. The summed E-state index contributed by atoms with van der Waals surface area (Å²) in [5.74, 6) is 0.129. The fourth-order valence-electron chi connectivity index (χ4n) is 5.41. The molecule has 2 aromatic rings.